The van der Waals surface area contributed by atoms with E-state index < -0.39 is 17.8 Å². The van der Waals surface area contributed by atoms with Crippen molar-refractivity contribution in [3.05, 3.63) is 89.7 Å². The monoisotopic (exact) mass is 492 g/mol. The van der Waals surface area contributed by atoms with Crippen LogP contribution < -0.4 is 5.32 Å². The van der Waals surface area contributed by atoms with Crippen molar-refractivity contribution in [3.63, 3.8) is 0 Å². The Morgan fingerprint density at radius 3 is 2.32 bits per heavy atom. The first kappa shape index (κ1) is 25.7. The summed E-state index contributed by atoms with van der Waals surface area (Å²) in [6, 6.07) is 17.6. The third kappa shape index (κ3) is 7.06. The van der Waals surface area contributed by atoms with Crippen molar-refractivity contribution in [2.75, 3.05) is 20.8 Å². The van der Waals surface area contributed by atoms with Crippen molar-refractivity contribution in [1.82, 2.24) is 9.62 Å². The molecule has 0 radical (unpaired) electrons. The summed E-state index contributed by atoms with van der Waals surface area (Å²) in [5, 5.41) is 2.88. The Hall–Kier alpha value is -2.88. The highest BCUT2D eigenvalue weighted by atomic mass is 32.2. The predicted octanol–water partition coefficient (Wildman–Crippen LogP) is 5.78. The Kier molecular flexibility index (Phi) is 8.71. The molecule has 3 aromatic carbocycles. The Morgan fingerprint density at radius 1 is 1.03 bits per heavy atom. The van der Waals surface area contributed by atoms with Crippen LogP contribution in [0.1, 0.15) is 11.1 Å². The van der Waals surface area contributed by atoms with E-state index in [1.165, 1.54) is 43.3 Å². The van der Waals surface area contributed by atoms with Gasteiger partial charge in [-0.1, -0.05) is 30.3 Å². The van der Waals surface area contributed by atoms with Crippen molar-refractivity contribution in [2.24, 2.45) is 0 Å². The fraction of sp³-hybridized carbons (Fsp3) is 0.240. The number of rotatable bonds is 9. The summed E-state index contributed by atoms with van der Waals surface area (Å²) in [5.74, 6) is -0.587. The molecule has 34 heavy (non-hydrogen) atoms. The lowest BCUT2D eigenvalue weighted by molar-refractivity contribution is -0.137. The molecule has 4 nitrogen and oxygen atoms in total. The molecule has 3 rings (SSSR count). The summed E-state index contributed by atoms with van der Waals surface area (Å²) < 4.78 is 58.5. The van der Waals surface area contributed by atoms with E-state index in [0.717, 1.165) is 28.2 Å². The minimum absolute atomic E-state index is 0.155. The number of benzene rings is 3. The number of hydrogen-bond donors (Lipinski definition) is 1. The van der Waals surface area contributed by atoms with Crippen LogP contribution in [0.25, 0.3) is 11.1 Å². The molecule has 180 valence electrons. The zero-order valence-electron chi connectivity index (χ0n) is 18.6. The van der Waals surface area contributed by atoms with Crippen LogP contribution in [0.4, 0.5) is 17.6 Å². The van der Waals surface area contributed by atoms with Gasteiger partial charge in [0.05, 0.1) is 12.2 Å². The van der Waals surface area contributed by atoms with Crippen LogP contribution in [0, 0.1) is 5.82 Å². The summed E-state index contributed by atoms with van der Waals surface area (Å²) >= 11 is 1.30. The van der Waals surface area contributed by atoms with Gasteiger partial charge in [-0.2, -0.15) is 13.2 Å². The number of likely N-dealkylation sites (N-methyl/N-ethyl adjacent to an activating group) is 1. The summed E-state index contributed by atoms with van der Waals surface area (Å²) in [7, 11) is 3.26. The fourth-order valence-electron chi connectivity index (χ4n) is 3.25. The number of nitrogens with zero attached hydrogens (tertiary/aromatic N) is 1. The van der Waals surface area contributed by atoms with E-state index in [-0.39, 0.29) is 24.9 Å². The van der Waals surface area contributed by atoms with E-state index in [1.807, 2.05) is 12.1 Å². The zero-order chi connectivity index (χ0) is 24.7. The predicted molar refractivity (Wildman–Crippen MR) is 124 cm³/mol. The molecule has 1 atom stereocenters. The van der Waals surface area contributed by atoms with Crippen molar-refractivity contribution >= 4 is 17.9 Å². The molecule has 1 amide bonds. The molecule has 0 fully saturated rings. The third-order valence-electron chi connectivity index (χ3n) is 5.07. The molecule has 1 N–H and O–H groups in total. The van der Waals surface area contributed by atoms with Gasteiger partial charge in [-0.3, -0.25) is 4.79 Å². The van der Waals surface area contributed by atoms with Crippen LogP contribution in [0.3, 0.4) is 0 Å². The number of carbonyl (C=O) groups excluding carboxylic acids is 1. The normalized spacial score (nSPS) is 12.6. The number of ether oxygens (including phenoxy) is 1. The first-order valence-electron chi connectivity index (χ1n) is 10.4. The summed E-state index contributed by atoms with van der Waals surface area (Å²) in [4.78, 5) is 13.6. The molecule has 3 aromatic rings. The topological polar surface area (TPSA) is 41.6 Å². The van der Waals surface area contributed by atoms with E-state index in [1.54, 1.807) is 35.6 Å². The van der Waals surface area contributed by atoms with Gasteiger partial charge in [0, 0.05) is 18.6 Å². The lowest BCUT2D eigenvalue weighted by Crippen LogP contribution is -2.45. The van der Waals surface area contributed by atoms with E-state index in [2.05, 4.69) is 5.32 Å². The Balaban J connectivity index is 1.64. The quantitative estimate of drug-likeness (QED) is 0.304. The van der Waals surface area contributed by atoms with Crippen LogP contribution in [-0.4, -0.2) is 37.0 Å². The van der Waals surface area contributed by atoms with Crippen molar-refractivity contribution in [1.29, 1.82) is 0 Å². The van der Waals surface area contributed by atoms with E-state index in [4.69, 9.17) is 4.74 Å². The Morgan fingerprint density at radius 2 is 1.71 bits per heavy atom. The number of nitrogens with one attached hydrogen (secondary N) is 1. The minimum Gasteiger partial charge on any atom is -0.382 e. The lowest BCUT2D eigenvalue weighted by atomic mass is 10.0. The molecule has 1 unspecified atom stereocenters. The second-order valence-corrected chi connectivity index (χ2v) is 8.79. The summed E-state index contributed by atoms with van der Waals surface area (Å²) in [6.07, 6.45) is -4.38. The van der Waals surface area contributed by atoms with Gasteiger partial charge in [-0.05, 0) is 78.2 Å². The highest BCUT2D eigenvalue weighted by Crippen LogP contribution is 2.31. The van der Waals surface area contributed by atoms with Crippen molar-refractivity contribution in [3.8, 4) is 11.1 Å². The van der Waals surface area contributed by atoms with Crippen molar-refractivity contribution < 1.29 is 27.1 Å². The van der Waals surface area contributed by atoms with Gasteiger partial charge in [-0.15, -0.1) is 0 Å². The van der Waals surface area contributed by atoms with E-state index >= 15 is 0 Å². The zero-order valence-corrected chi connectivity index (χ0v) is 19.4. The van der Waals surface area contributed by atoms with Crippen LogP contribution in [0.5, 0.6) is 0 Å². The SMILES string of the molecule is COCC(C(=O)NCc1cccc(-c2ccc(C(F)(F)F)cc2)c1)N(C)Sc1ccc(F)cc1. The molecule has 9 heteroatoms. The van der Waals surface area contributed by atoms with Crippen LogP contribution >= 0.6 is 11.9 Å². The Labute approximate surface area is 200 Å². The number of halogens is 4. The number of hydrogen-bond acceptors (Lipinski definition) is 4. The maximum Gasteiger partial charge on any atom is 0.416 e. The molecule has 0 spiro atoms. The fourth-order valence-corrected chi connectivity index (χ4v) is 4.12. The van der Waals surface area contributed by atoms with Gasteiger partial charge >= 0.3 is 6.18 Å². The molecular formula is C25H24F4N2O2S. The van der Waals surface area contributed by atoms with Crippen LogP contribution in [0.15, 0.2) is 77.7 Å². The molecule has 0 aliphatic carbocycles. The molecule has 0 bridgehead atoms. The van der Waals surface area contributed by atoms with Gasteiger partial charge in [0.1, 0.15) is 11.9 Å². The first-order valence-corrected chi connectivity index (χ1v) is 11.1. The van der Waals surface area contributed by atoms with E-state index in [0.29, 0.717) is 5.56 Å². The van der Waals surface area contributed by atoms with Gasteiger partial charge in [-0.25, -0.2) is 8.70 Å². The molecule has 0 saturated carbocycles. The maximum absolute atomic E-state index is 13.1. The standard InChI is InChI=1S/C25H24F4N2O2S/c1-31(34-22-12-10-21(26)11-13-22)23(16-33-2)24(32)30-15-17-4-3-5-19(14-17)18-6-8-20(9-7-18)25(27,28)29/h3-14,23H,15-16H2,1-2H3,(H,30,32). The average Bonchev–Trinajstić information content (AvgIpc) is 2.82. The average molecular weight is 493 g/mol. The summed E-state index contributed by atoms with van der Waals surface area (Å²) in [6.45, 7) is 0.394. The highest BCUT2D eigenvalue weighted by Gasteiger charge is 2.30. The maximum atomic E-state index is 13.1. The van der Waals surface area contributed by atoms with Gasteiger partial charge < -0.3 is 10.1 Å². The third-order valence-corrected chi connectivity index (χ3v) is 6.09. The Bertz CT molecular complexity index is 1090. The van der Waals surface area contributed by atoms with Gasteiger partial charge in [0.15, 0.2) is 0 Å². The van der Waals surface area contributed by atoms with Gasteiger partial charge in [0.2, 0.25) is 5.91 Å². The van der Waals surface area contributed by atoms with E-state index in [9.17, 15) is 22.4 Å². The van der Waals surface area contributed by atoms with Gasteiger partial charge in [0.25, 0.3) is 0 Å². The molecular weight excluding hydrogens is 468 g/mol. The lowest BCUT2D eigenvalue weighted by Gasteiger charge is -2.25. The highest BCUT2D eigenvalue weighted by molar-refractivity contribution is 7.97. The van der Waals surface area contributed by atoms with Crippen LogP contribution in [0.2, 0.25) is 0 Å². The molecule has 0 aliphatic rings. The number of alkyl halides is 3. The molecule has 0 saturated heterocycles. The second-order valence-electron chi connectivity index (χ2n) is 7.56. The summed E-state index contributed by atoms with van der Waals surface area (Å²) in [5.41, 5.74) is 1.49. The smallest absolute Gasteiger partial charge is 0.382 e. The minimum atomic E-state index is -4.38. The second kappa shape index (κ2) is 11.5. The molecule has 0 heterocycles. The number of carbonyl (C=O) groups is 1. The number of methoxy groups -OCH3 is 1. The van der Waals surface area contributed by atoms with Crippen molar-refractivity contribution in [2.45, 2.75) is 23.7 Å². The number of amides is 1. The largest absolute Gasteiger partial charge is 0.416 e. The molecule has 0 aromatic heterocycles. The first-order chi connectivity index (χ1) is 16.2. The molecule has 0 aliphatic heterocycles. The van der Waals surface area contributed by atoms with Crippen LogP contribution in [-0.2, 0) is 22.3 Å².